The van der Waals surface area contributed by atoms with Gasteiger partial charge in [-0.3, -0.25) is 9.48 Å². The zero-order valence-corrected chi connectivity index (χ0v) is 16.9. The number of carbonyl (C=O) groups is 1. The highest BCUT2D eigenvalue weighted by molar-refractivity contribution is 5.86. The highest BCUT2D eigenvalue weighted by Crippen LogP contribution is 2.24. The van der Waals surface area contributed by atoms with Gasteiger partial charge in [-0.2, -0.15) is 15.3 Å². The van der Waals surface area contributed by atoms with Gasteiger partial charge < -0.3 is 4.90 Å². The Hall–Kier alpha value is -2.67. The van der Waals surface area contributed by atoms with Gasteiger partial charge in [0.15, 0.2) is 0 Å². The Balaban J connectivity index is 1.44. The largest absolute Gasteiger partial charge is 0.300 e. The SMILES string of the molecule is C[C@H](F)CN1CCC(C(=O)Cc2cc3cc(-c4cnn(C)c4)ccc3nn2)CC1. The highest BCUT2D eigenvalue weighted by atomic mass is 19.1. The molecular weight excluding hydrogens is 369 g/mol. The van der Waals surface area contributed by atoms with Gasteiger partial charge in [0.1, 0.15) is 12.0 Å². The molecular formula is C22H26FN5O. The number of aromatic nitrogens is 4. The van der Waals surface area contributed by atoms with Crippen molar-refractivity contribution < 1.29 is 9.18 Å². The maximum absolute atomic E-state index is 13.2. The van der Waals surface area contributed by atoms with Crippen molar-refractivity contribution in [3.63, 3.8) is 0 Å². The zero-order valence-electron chi connectivity index (χ0n) is 16.9. The molecule has 3 heterocycles. The molecule has 7 heteroatoms. The molecule has 1 aliphatic heterocycles. The van der Waals surface area contributed by atoms with E-state index in [-0.39, 0.29) is 11.7 Å². The fourth-order valence-electron chi connectivity index (χ4n) is 4.04. The molecule has 4 rings (SSSR count). The van der Waals surface area contributed by atoms with Crippen LogP contribution in [0.4, 0.5) is 4.39 Å². The minimum absolute atomic E-state index is 0.0281. The van der Waals surface area contributed by atoms with Crippen LogP contribution in [-0.2, 0) is 18.3 Å². The van der Waals surface area contributed by atoms with Gasteiger partial charge in [-0.1, -0.05) is 6.07 Å². The van der Waals surface area contributed by atoms with Crippen molar-refractivity contribution in [2.45, 2.75) is 32.4 Å². The second kappa shape index (κ2) is 8.37. The van der Waals surface area contributed by atoms with E-state index in [1.54, 1.807) is 11.6 Å². The summed E-state index contributed by atoms with van der Waals surface area (Å²) in [5.74, 6) is 0.232. The minimum Gasteiger partial charge on any atom is -0.300 e. The predicted molar refractivity (Wildman–Crippen MR) is 110 cm³/mol. The van der Waals surface area contributed by atoms with Crippen LogP contribution in [0.25, 0.3) is 22.0 Å². The normalized spacial score (nSPS) is 16.9. The third-order valence-corrected chi connectivity index (χ3v) is 5.58. The van der Waals surface area contributed by atoms with Crippen molar-refractivity contribution in [1.29, 1.82) is 0 Å². The lowest BCUT2D eigenvalue weighted by Crippen LogP contribution is -2.39. The standard InChI is InChI=1S/C22H26FN5O/c1-15(23)13-28-7-5-16(6-8-28)22(29)11-20-10-18-9-17(3-4-21(18)26-25-20)19-12-24-27(2)14-19/h3-4,9-10,12,14-16H,5-8,11,13H2,1-2H3/t15-/m0/s1. The summed E-state index contributed by atoms with van der Waals surface area (Å²) in [6.45, 7) is 3.59. The van der Waals surface area contributed by atoms with E-state index in [9.17, 15) is 9.18 Å². The van der Waals surface area contributed by atoms with Gasteiger partial charge in [0.05, 0.1) is 23.8 Å². The molecule has 2 aromatic heterocycles. The summed E-state index contributed by atoms with van der Waals surface area (Å²) in [7, 11) is 1.89. The van der Waals surface area contributed by atoms with Crippen LogP contribution in [0, 0.1) is 5.92 Å². The number of nitrogens with zero attached hydrogens (tertiary/aromatic N) is 5. The van der Waals surface area contributed by atoms with Crippen LogP contribution in [0.2, 0.25) is 0 Å². The number of carbonyl (C=O) groups excluding carboxylic acids is 1. The molecule has 0 aliphatic carbocycles. The number of Topliss-reactive ketones (excluding diaryl/α,β-unsaturated/α-hetero) is 1. The quantitative estimate of drug-likeness (QED) is 0.641. The summed E-state index contributed by atoms with van der Waals surface area (Å²) < 4.78 is 14.9. The number of likely N-dealkylation sites (tertiary alicyclic amines) is 1. The average Bonchev–Trinajstić information content (AvgIpc) is 3.14. The van der Waals surface area contributed by atoms with Crippen LogP contribution in [0.15, 0.2) is 36.7 Å². The molecule has 0 saturated carbocycles. The van der Waals surface area contributed by atoms with Crippen molar-refractivity contribution in [2.24, 2.45) is 13.0 Å². The number of halogens is 1. The van der Waals surface area contributed by atoms with E-state index < -0.39 is 6.17 Å². The maximum Gasteiger partial charge on any atom is 0.142 e. The van der Waals surface area contributed by atoms with Crippen LogP contribution in [0.3, 0.4) is 0 Å². The molecule has 152 valence electrons. The molecule has 1 aromatic carbocycles. The molecule has 1 saturated heterocycles. The molecule has 0 bridgehead atoms. The number of piperidine rings is 1. The van der Waals surface area contributed by atoms with Gasteiger partial charge in [0.2, 0.25) is 0 Å². The Morgan fingerprint density at radius 1 is 1.21 bits per heavy atom. The summed E-state index contributed by atoms with van der Waals surface area (Å²) in [5.41, 5.74) is 3.61. The second-order valence-corrected chi connectivity index (χ2v) is 8.01. The fourth-order valence-corrected chi connectivity index (χ4v) is 4.04. The summed E-state index contributed by atoms with van der Waals surface area (Å²) in [4.78, 5) is 14.9. The van der Waals surface area contributed by atoms with E-state index in [0.717, 1.165) is 48.0 Å². The van der Waals surface area contributed by atoms with E-state index in [0.29, 0.717) is 18.7 Å². The number of hydrogen-bond acceptors (Lipinski definition) is 5. The van der Waals surface area contributed by atoms with Crippen LogP contribution in [0.1, 0.15) is 25.5 Å². The lowest BCUT2D eigenvalue weighted by molar-refractivity contribution is -0.123. The topological polar surface area (TPSA) is 63.9 Å². The number of ketones is 1. The van der Waals surface area contributed by atoms with Crippen LogP contribution in [-0.4, -0.2) is 56.5 Å². The van der Waals surface area contributed by atoms with Crippen molar-refractivity contribution in [3.8, 4) is 11.1 Å². The van der Waals surface area contributed by atoms with Gasteiger partial charge >= 0.3 is 0 Å². The average molecular weight is 395 g/mol. The van der Waals surface area contributed by atoms with E-state index in [2.05, 4.69) is 26.3 Å². The van der Waals surface area contributed by atoms with E-state index in [4.69, 9.17) is 0 Å². The first-order valence-corrected chi connectivity index (χ1v) is 10.1. The molecule has 0 unspecified atom stereocenters. The molecule has 1 atom stereocenters. The number of hydrogen-bond donors (Lipinski definition) is 0. The van der Waals surface area contributed by atoms with E-state index in [1.807, 2.05) is 37.6 Å². The van der Waals surface area contributed by atoms with Gasteiger partial charge in [0, 0.05) is 36.7 Å². The molecule has 29 heavy (non-hydrogen) atoms. The summed E-state index contributed by atoms with van der Waals surface area (Å²) in [6.07, 6.45) is 4.85. The summed E-state index contributed by atoms with van der Waals surface area (Å²) in [6, 6.07) is 7.97. The van der Waals surface area contributed by atoms with Gasteiger partial charge in [-0.05, 0) is 56.6 Å². The van der Waals surface area contributed by atoms with Crippen LogP contribution < -0.4 is 0 Å². The fraction of sp³-hybridized carbons (Fsp3) is 0.455. The summed E-state index contributed by atoms with van der Waals surface area (Å²) >= 11 is 0. The third kappa shape index (κ3) is 4.67. The molecule has 3 aromatic rings. The number of alkyl halides is 1. The van der Waals surface area contributed by atoms with Crippen molar-refractivity contribution in [2.75, 3.05) is 19.6 Å². The van der Waals surface area contributed by atoms with Gasteiger partial charge in [0.25, 0.3) is 0 Å². The third-order valence-electron chi connectivity index (χ3n) is 5.58. The van der Waals surface area contributed by atoms with E-state index in [1.165, 1.54) is 0 Å². The number of fused-ring (bicyclic) bond motifs is 1. The van der Waals surface area contributed by atoms with Gasteiger partial charge in [-0.15, -0.1) is 0 Å². The molecule has 0 spiro atoms. The first-order valence-electron chi connectivity index (χ1n) is 10.1. The lowest BCUT2D eigenvalue weighted by Gasteiger charge is -2.31. The van der Waals surface area contributed by atoms with Crippen LogP contribution in [0.5, 0.6) is 0 Å². The van der Waals surface area contributed by atoms with Crippen LogP contribution >= 0.6 is 0 Å². The molecule has 0 radical (unpaired) electrons. The van der Waals surface area contributed by atoms with Crippen molar-refractivity contribution >= 4 is 16.7 Å². The minimum atomic E-state index is -0.827. The highest BCUT2D eigenvalue weighted by Gasteiger charge is 2.26. The maximum atomic E-state index is 13.2. The van der Waals surface area contributed by atoms with E-state index >= 15 is 0 Å². The van der Waals surface area contributed by atoms with Crippen molar-refractivity contribution in [1.82, 2.24) is 24.9 Å². The lowest BCUT2D eigenvalue weighted by atomic mass is 9.90. The number of aryl methyl sites for hydroxylation is 1. The Morgan fingerprint density at radius 3 is 2.69 bits per heavy atom. The molecule has 0 N–H and O–H groups in total. The Bertz CT molecular complexity index is 1010. The smallest absolute Gasteiger partial charge is 0.142 e. The number of rotatable bonds is 6. The Morgan fingerprint density at radius 2 is 2.00 bits per heavy atom. The Labute approximate surface area is 169 Å². The molecule has 1 fully saturated rings. The zero-order chi connectivity index (χ0) is 20.4. The van der Waals surface area contributed by atoms with Gasteiger partial charge in [-0.25, -0.2) is 4.39 Å². The predicted octanol–water partition coefficient (Wildman–Crippen LogP) is 3.21. The van der Waals surface area contributed by atoms with Crippen molar-refractivity contribution in [3.05, 3.63) is 42.4 Å². The number of benzene rings is 1. The first kappa shape index (κ1) is 19.6. The molecule has 0 amide bonds. The second-order valence-electron chi connectivity index (χ2n) is 8.01. The monoisotopic (exact) mass is 395 g/mol. The first-order chi connectivity index (χ1) is 14.0. The summed E-state index contributed by atoms with van der Waals surface area (Å²) in [5, 5.41) is 13.7. The molecule has 1 aliphatic rings. The molecule has 6 nitrogen and oxygen atoms in total. The Kier molecular flexibility index (Phi) is 5.67.